The second-order valence-corrected chi connectivity index (χ2v) is 5.82. The van der Waals surface area contributed by atoms with Crippen molar-refractivity contribution in [3.8, 4) is 0 Å². The largest absolute Gasteiger partial charge is 0.396 e. The molecule has 0 unspecified atom stereocenters. The average molecular weight is 303 g/mol. The van der Waals surface area contributed by atoms with Gasteiger partial charge in [-0.15, -0.1) is 0 Å². The lowest BCUT2D eigenvalue weighted by atomic mass is 9.87. The van der Waals surface area contributed by atoms with Crippen LogP contribution in [0.1, 0.15) is 36.0 Å². The Kier molecular flexibility index (Phi) is 4.66. The minimum absolute atomic E-state index is 0.102. The van der Waals surface area contributed by atoms with E-state index in [4.69, 9.17) is 23.2 Å². The van der Waals surface area contributed by atoms with E-state index in [0.717, 1.165) is 25.7 Å². The molecule has 0 aromatic carbocycles. The number of rotatable bonds is 4. The maximum Gasteiger partial charge on any atom is 0.251 e. The van der Waals surface area contributed by atoms with Crippen LogP contribution in [0.4, 0.5) is 0 Å². The molecular formula is C13H16Cl2N2O2. The number of nitrogens with zero attached hydrogens (tertiary/aromatic N) is 1. The van der Waals surface area contributed by atoms with E-state index < -0.39 is 0 Å². The summed E-state index contributed by atoms with van der Waals surface area (Å²) in [7, 11) is 0. The van der Waals surface area contributed by atoms with Gasteiger partial charge in [-0.1, -0.05) is 36.0 Å². The highest BCUT2D eigenvalue weighted by Gasteiger charge is 2.33. The number of aliphatic hydroxyl groups is 1. The Hall–Kier alpha value is -0.840. The molecule has 0 atom stereocenters. The highest BCUT2D eigenvalue weighted by atomic mass is 35.5. The second-order valence-electron chi connectivity index (χ2n) is 5.05. The number of carbonyl (C=O) groups is 1. The Bertz CT molecular complexity index is 453. The molecule has 1 aliphatic rings. The van der Waals surface area contributed by atoms with E-state index in [0.29, 0.717) is 12.1 Å². The van der Waals surface area contributed by atoms with Gasteiger partial charge in [-0.3, -0.25) is 4.79 Å². The lowest BCUT2D eigenvalue weighted by Crippen LogP contribution is -2.38. The first-order valence-corrected chi connectivity index (χ1v) is 7.02. The summed E-state index contributed by atoms with van der Waals surface area (Å²) in [6.45, 7) is 0.574. The summed E-state index contributed by atoms with van der Waals surface area (Å²) >= 11 is 11.5. The maximum atomic E-state index is 12.0. The van der Waals surface area contributed by atoms with Crippen molar-refractivity contribution < 1.29 is 9.90 Å². The van der Waals surface area contributed by atoms with Crippen LogP contribution in [0, 0.1) is 5.41 Å². The van der Waals surface area contributed by atoms with Gasteiger partial charge in [-0.25, -0.2) is 4.98 Å². The number of aromatic nitrogens is 1. The lowest BCUT2D eigenvalue weighted by Gasteiger charge is -2.26. The molecule has 6 heteroatoms. The molecule has 1 saturated carbocycles. The number of pyridine rings is 1. The summed E-state index contributed by atoms with van der Waals surface area (Å²) < 4.78 is 0. The maximum absolute atomic E-state index is 12.0. The number of hydrogen-bond acceptors (Lipinski definition) is 3. The van der Waals surface area contributed by atoms with E-state index in [9.17, 15) is 9.90 Å². The van der Waals surface area contributed by atoms with Crippen molar-refractivity contribution in [1.82, 2.24) is 10.3 Å². The van der Waals surface area contributed by atoms with Crippen LogP contribution in [0.3, 0.4) is 0 Å². The fraction of sp³-hybridized carbons (Fsp3) is 0.538. The topological polar surface area (TPSA) is 62.2 Å². The van der Waals surface area contributed by atoms with E-state index in [1.165, 1.54) is 12.1 Å². The summed E-state index contributed by atoms with van der Waals surface area (Å²) in [5, 5.41) is 12.7. The lowest BCUT2D eigenvalue weighted by molar-refractivity contribution is 0.0880. The van der Waals surface area contributed by atoms with Crippen LogP contribution >= 0.6 is 23.2 Å². The van der Waals surface area contributed by atoms with Crippen LogP contribution < -0.4 is 5.32 Å². The number of nitrogens with one attached hydrogen (secondary N) is 1. The first kappa shape index (κ1) is 14.6. The van der Waals surface area contributed by atoms with Gasteiger partial charge in [0.05, 0.1) is 6.61 Å². The van der Waals surface area contributed by atoms with Crippen molar-refractivity contribution in [2.75, 3.05) is 13.2 Å². The number of aliphatic hydroxyl groups excluding tert-OH is 1. The Morgan fingerprint density at radius 3 is 2.42 bits per heavy atom. The Morgan fingerprint density at radius 2 is 1.89 bits per heavy atom. The van der Waals surface area contributed by atoms with Crippen LogP contribution in [0.5, 0.6) is 0 Å². The Morgan fingerprint density at radius 1 is 1.32 bits per heavy atom. The molecule has 1 aromatic heterocycles. The molecule has 1 amide bonds. The fourth-order valence-electron chi connectivity index (χ4n) is 2.48. The third-order valence-electron chi connectivity index (χ3n) is 3.65. The zero-order chi connectivity index (χ0) is 13.9. The van der Waals surface area contributed by atoms with E-state index in [2.05, 4.69) is 10.3 Å². The smallest absolute Gasteiger partial charge is 0.251 e. The molecule has 1 heterocycles. The molecular weight excluding hydrogens is 287 g/mol. The molecule has 2 rings (SSSR count). The highest BCUT2D eigenvalue weighted by Crippen LogP contribution is 2.36. The summed E-state index contributed by atoms with van der Waals surface area (Å²) in [5.41, 5.74) is 0.215. The molecule has 104 valence electrons. The zero-order valence-electron chi connectivity index (χ0n) is 10.5. The number of hydrogen-bond donors (Lipinski definition) is 2. The van der Waals surface area contributed by atoms with Gasteiger partial charge < -0.3 is 10.4 Å². The Labute approximate surface area is 122 Å². The minimum atomic E-state index is -0.245. The predicted octanol–water partition coefficient (Wildman–Crippen LogP) is 2.67. The van der Waals surface area contributed by atoms with Gasteiger partial charge in [-0.2, -0.15) is 0 Å². The normalized spacial score (nSPS) is 17.4. The molecule has 1 aromatic rings. The van der Waals surface area contributed by atoms with Gasteiger partial charge in [0.1, 0.15) is 10.3 Å². The third-order valence-corrected chi connectivity index (χ3v) is 4.04. The van der Waals surface area contributed by atoms with Crippen LogP contribution in [0.2, 0.25) is 10.3 Å². The first-order chi connectivity index (χ1) is 9.04. The van der Waals surface area contributed by atoms with E-state index >= 15 is 0 Å². The SMILES string of the molecule is O=C(NCC1(CO)CCCC1)c1cc(Cl)nc(Cl)c1. The molecule has 0 spiro atoms. The van der Waals surface area contributed by atoms with Crippen LogP contribution in [-0.2, 0) is 0 Å². The van der Waals surface area contributed by atoms with E-state index in [-0.39, 0.29) is 28.2 Å². The second kappa shape index (κ2) is 6.07. The summed E-state index contributed by atoms with van der Waals surface area (Å²) in [5.74, 6) is -0.245. The van der Waals surface area contributed by atoms with Gasteiger partial charge in [-0.05, 0) is 25.0 Å². The van der Waals surface area contributed by atoms with Crippen LogP contribution in [0.25, 0.3) is 0 Å². The van der Waals surface area contributed by atoms with Gasteiger partial charge in [0.2, 0.25) is 0 Å². The van der Waals surface area contributed by atoms with E-state index in [1.54, 1.807) is 0 Å². The molecule has 1 aliphatic carbocycles. The molecule has 0 saturated heterocycles. The van der Waals surface area contributed by atoms with Crippen LogP contribution in [-0.4, -0.2) is 29.1 Å². The van der Waals surface area contributed by atoms with Gasteiger partial charge in [0.15, 0.2) is 0 Å². The fourth-order valence-corrected chi connectivity index (χ4v) is 2.94. The van der Waals surface area contributed by atoms with Crippen molar-refractivity contribution in [2.24, 2.45) is 5.41 Å². The molecule has 19 heavy (non-hydrogen) atoms. The quantitative estimate of drug-likeness (QED) is 0.841. The summed E-state index contributed by atoms with van der Waals surface area (Å²) in [6, 6.07) is 2.95. The highest BCUT2D eigenvalue weighted by molar-refractivity contribution is 6.33. The molecule has 2 N–H and O–H groups in total. The zero-order valence-corrected chi connectivity index (χ0v) is 12.0. The Balaban J connectivity index is 2.01. The van der Waals surface area contributed by atoms with Crippen molar-refractivity contribution >= 4 is 29.1 Å². The number of amides is 1. The van der Waals surface area contributed by atoms with Gasteiger partial charge in [0, 0.05) is 17.5 Å². The molecule has 0 radical (unpaired) electrons. The molecule has 4 nitrogen and oxygen atoms in total. The predicted molar refractivity (Wildman–Crippen MR) is 74.6 cm³/mol. The summed E-state index contributed by atoms with van der Waals surface area (Å²) in [4.78, 5) is 15.8. The van der Waals surface area contributed by atoms with Crippen molar-refractivity contribution in [3.63, 3.8) is 0 Å². The van der Waals surface area contributed by atoms with Crippen molar-refractivity contribution in [1.29, 1.82) is 0 Å². The first-order valence-electron chi connectivity index (χ1n) is 6.27. The monoisotopic (exact) mass is 302 g/mol. The number of halogens is 2. The van der Waals surface area contributed by atoms with Gasteiger partial charge in [0.25, 0.3) is 5.91 Å². The van der Waals surface area contributed by atoms with Gasteiger partial charge >= 0.3 is 0 Å². The van der Waals surface area contributed by atoms with Crippen molar-refractivity contribution in [3.05, 3.63) is 28.0 Å². The van der Waals surface area contributed by atoms with E-state index in [1.807, 2.05) is 0 Å². The minimum Gasteiger partial charge on any atom is -0.396 e. The number of carbonyl (C=O) groups excluding carboxylic acids is 1. The van der Waals surface area contributed by atoms with Crippen molar-refractivity contribution in [2.45, 2.75) is 25.7 Å². The molecule has 1 fully saturated rings. The third kappa shape index (κ3) is 3.59. The molecule has 0 aliphatic heterocycles. The average Bonchev–Trinajstić information content (AvgIpc) is 2.84. The molecule has 0 bridgehead atoms. The summed E-state index contributed by atoms with van der Waals surface area (Å²) in [6.07, 6.45) is 4.09. The van der Waals surface area contributed by atoms with Crippen LogP contribution in [0.15, 0.2) is 12.1 Å². The standard InChI is InChI=1S/C13H16Cl2N2O2/c14-10-5-9(6-11(15)17-10)12(19)16-7-13(8-18)3-1-2-4-13/h5-6,18H,1-4,7-8H2,(H,16,19).